The van der Waals surface area contributed by atoms with Crippen molar-refractivity contribution in [3.63, 3.8) is 0 Å². The van der Waals surface area contributed by atoms with E-state index in [2.05, 4.69) is 26.2 Å². The van der Waals surface area contributed by atoms with Gasteiger partial charge in [0.05, 0.1) is 5.56 Å². The number of hydrogen-bond acceptors (Lipinski definition) is 3. The Hall–Kier alpha value is -2.62. The van der Waals surface area contributed by atoms with Gasteiger partial charge in [-0.05, 0) is 48.7 Å². The Morgan fingerprint density at radius 1 is 1.03 bits per heavy atom. The van der Waals surface area contributed by atoms with Crippen LogP contribution in [0, 0.1) is 0 Å². The summed E-state index contributed by atoms with van der Waals surface area (Å²) in [6, 6.07) is 19.0. The van der Waals surface area contributed by atoms with Crippen LogP contribution < -0.4 is 15.4 Å². The molecular weight excluding hydrogens is 572 g/mol. The fourth-order valence-electron chi connectivity index (χ4n) is 3.14. The molecule has 0 bridgehead atoms. The molecule has 2 N–H and O–H groups in total. The number of rotatable bonds is 6. The normalized spacial score (nSPS) is 12.7. The third-order valence-corrected chi connectivity index (χ3v) is 5.85. The summed E-state index contributed by atoms with van der Waals surface area (Å²) in [5, 5.41) is 13.3. The summed E-state index contributed by atoms with van der Waals surface area (Å²) in [5.41, 5.74) is 2.87. The number of carboxylic acids is 1. The Morgan fingerprint density at radius 2 is 1.54 bits per heavy atom. The number of aliphatic carboxylic acids is 1. The standard InChI is InChI=1S/C22H19BrCl2N2O.C2HF3O2/c1-14(27-22(28)17-10-11-26-21(23)13-17)20(16-4-8-19(25)9-5-16)12-15-2-6-18(24)7-3-15;3-2(4,5)1(6)7/h2-11,13-14,20H,12H2,1H3,(H,27,28);(H,6,7)/t14-,20+;/m1./s1. The third kappa shape index (κ3) is 9.51. The van der Waals surface area contributed by atoms with Crippen molar-refractivity contribution in [3.8, 4) is 0 Å². The molecule has 3 aromatic rings. The van der Waals surface area contributed by atoms with Crippen LogP contribution in [0.1, 0.15) is 34.3 Å². The lowest BCUT2D eigenvalue weighted by Gasteiger charge is -2.26. The molecule has 186 valence electrons. The van der Waals surface area contributed by atoms with Crippen molar-refractivity contribution < 1.29 is 32.9 Å². The Balaban J connectivity index is 0.000000540. The molecule has 11 heteroatoms. The van der Waals surface area contributed by atoms with Crippen molar-refractivity contribution in [2.45, 2.75) is 31.5 Å². The first-order valence-corrected chi connectivity index (χ1v) is 11.7. The summed E-state index contributed by atoms with van der Waals surface area (Å²) in [4.78, 5) is 24.5. The summed E-state index contributed by atoms with van der Waals surface area (Å²) >= 11 is 15.4. The molecule has 1 heterocycles. The highest BCUT2D eigenvalue weighted by Crippen LogP contribution is 2.27. The number of alkyl halides is 3. The van der Waals surface area contributed by atoms with Gasteiger partial charge in [-0.1, -0.05) is 47.5 Å². The van der Waals surface area contributed by atoms with E-state index < -0.39 is 12.1 Å². The molecule has 0 aliphatic rings. The van der Waals surface area contributed by atoms with E-state index in [1.54, 1.807) is 18.3 Å². The second-order valence-corrected chi connectivity index (χ2v) is 9.19. The minimum absolute atomic E-state index is 0.0844. The summed E-state index contributed by atoms with van der Waals surface area (Å²) in [6.45, 7) is 2.03. The Kier molecular flexibility index (Phi) is 10.5. The Labute approximate surface area is 218 Å². The lowest BCUT2D eigenvalue weighted by molar-refractivity contribution is -0.392. The highest BCUT2D eigenvalue weighted by Gasteiger charge is 2.28. The largest absolute Gasteiger partial charge is 0.542 e. The fraction of sp³-hybridized carbons (Fsp3) is 0.208. The molecule has 0 radical (unpaired) electrons. The van der Waals surface area contributed by atoms with Crippen LogP contribution in [0.5, 0.6) is 0 Å². The van der Waals surface area contributed by atoms with Gasteiger partial charge in [0.15, 0.2) is 6.20 Å². The minimum atomic E-state index is -5.19. The average molecular weight is 592 g/mol. The maximum atomic E-state index is 12.7. The number of carbonyl (C=O) groups is 2. The van der Waals surface area contributed by atoms with E-state index in [-0.39, 0.29) is 17.9 Å². The van der Waals surface area contributed by atoms with Crippen LogP contribution in [0.4, 0.5) is 13.2 Å². The number of carboxylic acid groups (broad SMARTS) is 1. The van der Waals surface area contributed by atoms with E-state index in [0.29, 0.717) is 15.6 Å². The molecule has 0 aliphatic carbocycles. The number of aromatic amines is 1. The van der Waals surface area contributed by atoms with Gasteiger partial charge in [0.25, 0.3) is 5.91 Å². The van der Waals surface area contributed by atoms with Gasteiger partial charge in [0, 0.05) is 50.1 Å². The molecule has 35 heavy (non-hydrogen) atoms. The molecule has 0 spiro atoms. The number of carbonyl (C=O) groups excluding carboxylic acids is 2. The van der Waals surface area contributed by atoms with Gasteiger partial charge < -0.3 is 15.2 Å². The van der Waals surface area contributed by atoms with Crippen LogP contribution in [-0.4, -0.2) is 24.1 Å². The van der Waals surface area contributed by atoms with Crippen molar-refractivity contribution in [1.82, 2.24) is 5.32 Å². The Bertz CT molecular complexity index is 1140. The van der Waals surface area contributed by atoms with E-state index in [9.17, 15) is 18.0 Å². The van der Waals surface area contributed by atoms with Crippen LogP contribution in [0.15, 0.2) is 71.5 Å². The number of benzene rings is 2. The zero-order valence-electron chi connectivity index (χ0n) is 18.2. The monoisotopic (exact) mass is 590 g/mol. The number of halogens is 6. The molecule has 1 amide bonds. The van der Waals surface area contributed by atoms with Gasteiger partial charge in [-0.25, -0.2) is 4.98 Å². The summed E-state index contributed by atoms with van der Waals surface area (Å²) in [7, 11) is 0. The van der Waals surface area contributed by atoms with Gasteiger partial charge in [0.2, 0.25) is 4.60 Å². The number of nitrogens with one attached hydrogen (secondary N) is 2. The predicted molar refractivity (Wildman–Crippen MR) is 128 cm³/mol. The predicted octanol–water partition coefficient (Wildman–Crippen LogP) is 5.01. The van der Waals surface area contributed by atoms with E-state index in [4.69, 9.17) is 33.1 Å². The first kappa shape index (κ1) is 28.6. The van der Waals surface area contributed by atoms with Crippen molar-refractivity contribution >= 4 is 51.0 Å². The number of amides is 1. The van der Waals surface area contributed by atoms with Gasteiger partial charge in [-0.15, -0.1) is 0 Å². The number of hydrogen-bond donors (Lipinski definition) is 1. The van der Waals surface area contributed by atoms with Crippen LogP contribution in [0.2, 0.25) is 10.0 Å². The van der Waals surface area contributed by atoms with Crippen LogP contribution >= 0.6 is 39.1 Å². The zero-order chi connectivity index (χ0) is 26.2. The quantitative estimate of drug-likeness (QED) is 0.409. The van der Waals surface area contributed by atoms with Crippen molar-refractivity contribution in [2.24, 2.45) is 0 Å². The van der Waals surface area contributed by atoms with Crippen LogP contribution in [0.3, 0.4) is 0 Å². The van der Waals surface area contributed by atoms with E-state index >= 15 is 0 Å². The fourth-order valence-corrected chi connectivity index (χ4v) is 3.77. The number of pyridine rings is 1. The van der Waals surface area contributed by atoms with E-state index in [1.165, 1.54) is 0 Å². The molecule has 0 saturated carbocycles. The molecule has 0 unspecified atom stereocenters. The van der Waals surface area contributed by atoms with Gasteiger partial charge in [0.1, 0.15) is 5.97 Å². The van der Waals surface area contributed by atoms with E-state index in [1.807, 2.05) is 55.5 Å². The second kappa shape index (κ2) is 12.9. The second-order valence-electron chi connectivity index (χ2n) is 7.46. The Morgan fingerprint density at radius 3 is 2.03 bits per heavy atom. The number of aromatic nitrogens is 1. The lowest BCUT2D eigenvalue weighted by Crippen LogP contribution is -2.38. The minimum Gasteiger partial charge on any atom is -0.542 e. The molecule has 0 aliphatic heterocycles. The number of H-pyrrole nitrogens is 1. The van der Waals surface area contributed by atoms with Gasteiger partial charge in [-0.3, -0.25) is 4.79 Å². The zero-order valence-corrected chi connectivity index (χ0v) is 21.3. The SMILES string of the molecule is C[C@@H](NC(=O)c1cc[nH+]c(Br)c1)[C@H](Cc1ccc(Cl)cc1)c1ccc(Cl)cc1.O=C([O-])C(F)(F)F. The first-order chi connectivity index (χ1) is 16.4. The molecule has 3 rings (SSSR count). The molecule has 2 aromatic carbocycles. The van der Waals surface area contributed by atoms with Crippen molar-refractivity contribution in [2.75, 3.05) is 0 Å². The molecule has 5 nitrogen and oxygen atoms in total. The maximum absolute atomic E-state index is 12.7. The third-order valence-electron chi connectivity index (χ3n) is 4.89. The maximum Gasteiger partial charge on any atom is 0.430 e. The van der Waals surface area contributed by atoms with Crippen LogP contribution in [0.25, 0.3) is 0 Å². The smallest absolute Gasteiger partial charge is 0.430 e. The topological polar surface area (TPSA) is 83.4 Å². The molecular formula is C24H20BrCl2F3N2O3. The first-order valence-electron chi connectivity index (χ1n) is 10.1. The highest BCUT2D eigenvalue weighted by atomic mass is 79.9. The molecule has 0 fully saturated rings. The molecule has 1 aromatic heterocycles. The summed E-state index contributed by atoms with van der Waals surface area (Å²) in [5.74, 6) is -3.04. The van der Waals surface area contributed by atoms with Gasteiger partial charge in [-0.2, -0.15) is 13.2 Å². The van der Waals surface area contributed by atoms with E-state index in [0.717, 1.165) is 22.2 Å². The summed E-state index contributed by atoms with van der Waals surface area (Å²) in [6.07, 6.45) is -2.69. The van der Waals surface area contributed by atoms with Crippen molar-refractivity contribution in [3.05, 3.63) is 98.2 Å². The molecule has 2 atom stereocenters. The highest BCUT2D eigenvalue weighted by molar-refractivity contribution is 9.10. The van der Waals surface area contributed by atoms with Crippen LogP contribution in [-0.2, 0) is 11.2 Å². The van der Waals surface area contributed by atoms with Crippen molar-refractivity contribution in [1.29, 1.82) is 0 Å². The summed E-state index contributed by atoms with van der Waals surface area (Å²) < 4.78 is 32.3. The average Bonchev–Trinajstić information content (AvgIpc) is 2.79. The lowest BCUT2D eigenvalue weighted by atomic mass is 9.86. The molecule has 0 saturated heterocycles. The van der Waals surface area contributed by atoms with Gasteiger partial charge >= 0.3 is 6.18 Å².